The highest BCUT2D eigenvalue weighted by Gasteiger charge is 2.16. The minimum Gasteiger partial charge on any atom is -0.303 e. The van der Waals surface area contributed by atoms with Gasteiger partial charge < -0.3 is 5.32 Å². The second kappa shape index (κ2) is 6.16. The lowest BCUT2D eigenvalue weighted by molar-refractivity contribution is 0.408. The summed E-state index contributed by atoms with van der Waals surface area (Å²) in [7, 11) is 0. The fourth-order valence-corrected chi connectivity index (χ4v) is 3.12. The number of hydrogen-bond donors (Lipinski definition) is 1. The van der Waals surface area contributed by atoms with Gasteiger partial charge in [-0.2, -0.15) is 5.10 Å². The van der Waals surface area contributed by atoms with E-state index in [2.05, 4.69) is 54.8 Å². The summed E-state index contributed by atoms with van der Waals surface area (Å²) in [5, 5.41) is 10.1. The summed E-state index contributed by atoms with van der Waals surface area (Å²) in [4.78, 5) is 1.41. The average Bonchev–Trinajstić information content (AvgIpc) is 2.99. The molecule has 3 nitrogen and oxygen atoms in total. The van der Waals surface area contributed by atoms with E-state index in [0.29, 0.717) is 12.0 Å². The Morgan fingerprint density at radius 3 is 2.83 bits per heavy atom. The zero-order valence-electron chi connectivity index (χ0n) is 11.3. The number of hydrogen-bond acceptors (Lipinski definition) is 3. The molecule has 1 unspecified atom stereocenters. The normalized spacial score (nSPS) is 13.1. The van der Waals surface area contributed by atoms with Gasteiger partial charge in [0.1, 0.15) is 0 Å². The van der Waals surface area contributed by atoms with Gasteiger partial charge in [0, 0.05) is 30.2 Å². The van der Waals surface area contributed by atoms with Crippen molar-refractivity contribution >= 4 is 11.3 Å². The molecule has 1 N–H and O–H groups in total. The van der Waals surface area contributed by atoms with Crippen molar-refractivity contribution in [2.75, 3.05) is 0 Å². The molecule has 2 heterocycles. The quantitative estimate of drug-likeness (QED) is 0.865. The first kappa shape index (κ1) is 13.3. The molecule has 0 aromatic carbocycles. The van der Waals surface area contributed by atoms with Crippen LogP contribution in [0.2, 0.25) is 0 Å². The van der Waals surface area contributed by atoms with Crippen molar-refractivity contribution in [2.45, 2.75) is 39.9 Å². The summed E-state index contributed by atoms with van der Waals surface area (Å²) in [5.41, 5.74) is 1.25. The van der Waals surface area contributed by atoms with Crippen molar-refractivity contribution in [1.82, 2.24) is 15.1 Å². The van der Waals surface area contributed by atoms with E-state index in [1.165, 1.54) is 10.6 Å². The lowest BCUT2D eigenvalue weighted by atomic mass is 10.0. The van der Waals surface area contributed by atoms with Crippen LogP contribution in [0.25, 0.3) is 0 Å². The van der Waals surface area contributed by atoms with E-state index in [4.69, 9.17) is 0 Å². The first-order chi connectivity index (χ1) is 8.72. The first-order valence-electron chi connectivity index (χ1n) is 6.49. The molecular weight excluding hydrogens is 242 g/mol. The van der Waals surface area contributed by atoms with E-state index in [1.54, 1.807) is 0 Å². The fraction of sp³-hybridized carbons (Fsp3) is 0.500. The van der Waals surface area contributed by atoms with Crippen molar-refractivity contribution in [3.63, 3.8) is 0 Å². The highest BCUT2D eigenvalue weighted by molar-refractivity contribution is 7.10. The highest BCUT2D eigenvalue weighted by atomic mass is 32.1. The number of nitrogens with zero attached hydrogens (tertiary/aromatic N) is 2. The topological polar surface area (TPSA) is 29.9 Å². The minimum absolute atomic E-state index is 0.421. The van der Waals surface area contributed by atoms with Crippen LogP contribution in [0.5, 0.6) is 0 Å². The first-order valence-corrected chi connectivity index (χ1v) is 7.37. The van der Waals surface area contributed by atoms with Gasteiger partial charge in [-0.25, -0.2) is 0 Å². The van der Waals surface area contributed by atoms with Crippen LogP contribution in [0.4, 0.5) is 0 Å². The summed E-state index contributed by atoms with van der Waals surface area (Å²) in [6.45, 7) is 8.43. The van der Waals surface area contributed by atoms with Crippen molar-refractivity contribution < 1.29 is 0 Å². The molecule has 18 heavy (non-hydrogen) atoms. The van der Waals surface area contributed by atoms with E-state index < -0.39 is 0 Å². The molecular formula is C14H21N3S. The lowest BCUT2D eigenvalue weighted by Gasteiger charge is -2.21. The third kappa shape index (κ3) is 3.00. The van der Waals surface area contributed by atoms with Crippen molar-refractivity contribution in [2.24, 2.45) is 5.92 Å². The van der Waals surface area contributed by atoms with Crippen molar-refractivity contribution in [3.05, 3.63) is 40.3 Å². The molecule has 0 spiro atoms. The van der Waals surface area contributed by atoms with Gasteiger partial charge in [-0.3, -0.25) is 4.68 Å². The molecule has 0 saturated heterocycles. The number of rotatable bonds is 6. The summed E-state index contributed by atoms with van der Waals surface area (Å²) >= 11 is 1.82. The second-order valence-electron chi connectivity index (χ2n) is 4.76. The Kier molecular flexibility index (Phi) is 4.55. The van der Waals surface area contributed by atoms with E-state index in [0.717, 1.165) is 13.1 Å². The van der Waals surface area contributed by atoms with Crippen LogP contribution in [-0.4, -0.2) is 9.78 Å². The predicted molar refractivity (Wildman–Crippen MR) is 76.6 cm³/mol. The summed E-state index contributed by atoms with van der Waals surface area (Å²) < 4.78 is 2.04. The van der Waals surface area contributed by atoms with E-state index in [1.807, 2.05) is 22.2 Å². The molecule has 2 aromatic heterocycles. The zero-order chi connectivity index (χ0) is 13.0. The Hall–Kier alpha value is -1.13. The van der Waals surface area contributed by atoms with Gasteiger partial charge in [0.2, 0.25) is 0 Å². The molecule has 0 aliphatic carbocycles. The Morgan fingerprint density at radius 2 is 2.22 bits per heavy atom. The highest BCUT2D eigenvalue weighted by Crippen LogP contribution is 2.26. The van der Waals surface area contributed by atoms with Gasteiger partial charge in [0.05, 0.1) is 5.69 Å². The maximum Gasteiger partial charge on any atom is 0.0522 e. The number of nitrogens with one attached hydrogen (secondary N) is 1. The summed E-state index contributed by atoms with van der Waals surface area (Å²) in [6.07, 6.45) is 1.87. The van der Waals surface area contributed by atoms with Crippen LogP contribution in [0.15, 0.2) is 29.8 Å². The molecule has 0 aliphatic heterocycles. The molecule has 1 atom stereocenters. The van der Waals surface area contributed by atoms with Gasteiger partial charge in [-0.15, -0.1) is 11.3 Å². The average molecular weight is 263 g/mol. The molecule has 98 valence electrons. The number of aromatic nitrogens is 2. The molecule has 0 fully saturated rings. The lowest BCUT2D eigenvalue weighted by Crippen LogP contribution is -2.25. The molecule has 0 aliphatic rings. The van der Waals surface area contributed by atoms with Crippen LogP contribution in [0.1, 0.15) is 37.4 Å². The number of aryl methyl sites for hydroxylation is 1. The summed E-state index contributed by atoms with van der Waals surface area (Å²) in [6, 6.07) is 6.83. The zero-order valence-corrected chi connectivity index (χ0v) is 12.1. The standard InChI is InChI=1S/C14H21N3S/c1-4-17-12(7-8-16-17)10-15-14(11(2)3)13-6-5-9-18-13/h5-9,11,14-15H,4,10H2,1-3H3. The van der Waals surface area contributed by atoms with Gasteiger partial charge in [-0.05, 0) is 30.4 Å². The molecule has 0 bridgehead atoms. The fourth-order valence-electron chi connectivity index (χ4n) is 2.14. The Bertz CT molecular complexity index is 459. The molecule has 2 rings (SSSR count). The molecule has 2 aromatic rings. The van der Waals surface area contributed by atoms with Crippen molar-refractivity contribution in [1.29, 1.82) is 0 Å². The maximum atomic E-state index is 4.30. The van der Waals surface area contributed by atoms with E-state index >= 15 is 0 Å². The van der Waals surface area contributed by atoms with Gasteiger partial charge in [0.25, 0.3) is 0 Å². The third-order valence-electron chi connectivity index (χ3n) is 3.12. The molecule has 0 amide bonds. The van der Waals surface area contributed by atoms with E-state index in [-0.39, 0.29) is 0 Å². The summed E-state index contributed by atoms with van der Waals surface area (Å²) in [5.74, 6) is 0.585. The molecule has 4 heteroatoms. The minimum atomic E-state index is 0.421. The van der Waals surface area contributed by atoms with Crippen molar-refractivity contribution in [3.8, 4) is 0 Å². The number of thiophene rings is 1. The Labute approximate surface area is 113 Å². The molecule has 0 saturated carbocycles. The van der Waals surface area contributed by atoms with Crippen LogP contribution in [0, 0.1) is 5.92 Å². The van der Waals surface area contributed by atoms with Crippen LogP contribution >= 0.6 is 11.3 Å². The third-order valence-corrected chi connectivity index (χ3v) is 4.08. The van der Waals surface area contributed by atoms with Crippen LogP contribution < -0.4 is 5.32 Å². The van der Waals surface area contributed by atoms with Gasteiger partial charge in [-0.1, -0.05) is 19.9 Å². The van der Waals surface area contributed by atoms with Crippen LogP contribution in [0.3, 0.4) is 0 Å². The van der Waals surface area contributed by atoms with Gasteiger partial charge >= 0.3 is 0 Å². The maximum absolute atomic E-state index is 4.30. The van der Waals surface area contributed by atoms with Gasteiger partial charge in [0.15, 0.2) is 0 Å². The molecule has 0 radical (unpaired) electrons. The largest absolute Gasteiger partial charge is 0.303 e. The Balaban J connectivity index is 2.03. The van der Waals surface area contributed by atoms with E-state index in [9.17, 15) is 0 Å². The second-order valence-corrected chi connectivity index (χ2v) is 5.74. The SMILES string of the molecule is CCn1nccc1CNC(c1cccs1)C(C)C. The monoisotopic (exact) mass is 263 g/mol. The Morgan fingerprint density at radius 1 is 1.39 bits per heavy atom. The van der Waals surface area contributed by atoms with Crippen LogP contribution in [-0.2, 0) is 13.1 Å². The predicted octanol–water partition coefficient (Wildman–Crippen LogP) is 3.45. The smallest absolute Gasteiger partial charge is 0.0522 e.